The van der Waals surface area contributed by atoms with E-state index in [1.54, 1.807) is 0 Å². The topological polar surface area (TPSA) is 44.4 Å². The van der Waals surface area contributed by atoms with Gasteiger partial charge in [0.2, 0.25) is 0 Å². The summed E-state index contributed by atoms with van der Waals surface area (Å²) in [5, 5.41) is 6.54. The van der Waals surface area contributed by atoms with Gasteiger partial charge in [-0.05, 0) is 80.7 Å². The Morgan fingerprint density at radius 1 is 1.04 bits per heavy atom. The van der Waals surface area contributed by atoms with Crippen LogP contribution < -0.4 is 10.6 Å². The summed E-state index contributed by atoms with van der Waals surface area (Å²) in [7, 11) is 0. The average Bonchev–Trinajstić information content (AvgIpc) is 3.16. The van der Waals surface area contributed by atoms with Crippen LogP contribution in [-0.4, -0.2) is 36.0 Å². The van der Waals surface area contributed by atoms with Gasteiger partial charge in [0, 0.05) is 29.9 Å². The standard InChI is InChI=1S/C22H26FN3O/c23-18-7-5-17(6-8-18)22(27)25-19-9-3-16(4-10-19)15-24-20-11-13-26-12-1-2-21(26)14-20/h3-10,20-21,24H,1-2,11-15H2,(H,25,27). The van der Waals surface area contributed by atoms with Crippen LogP contribution in [0.15, 0.2) is 48.5 Å². The predicted molar refractivity (Wildman–Crippen MR) is 105 cm³/mol. The molecule has 2 aromatic rings. The van der Waals surface area contributed by atoms with Crippen molar-refractivity contribution in [3.63, 3.8) is 0 Å². The number of carbonyl (C=O) groups excluding carboxylic acids is 1. The molecule has 2 fully saturated rings. The molecule has 2 aliphatic rings. The molecule has 0 radical (unpaired) electrons. The lowest BCUT2D eigenvalue weighted by Crippen LogP contribution is -2.45. The fourth-order valence-corrected chi connectivity index (χ4v) is 4.18. The highest BCUT2D eigenvalue weighted by molar-refractivity contribution is 6.04. The highest BCUT2D eigenvalue weighted by Gasteiger charge is 2.31. The Hall–Kier alpha value is -2.24. The summed E-state index contributed by atoms with van der Waals surface area (Å²) in [6.07, 6.45) is 5.18. The van der Waals surface area contributed by atoms with Crippen molar-refractivity contribution in [1.29, 1.82) is 0 Å². The molecule has 0 saturated carbocycles. The third kappa shape index (κ3) is 4.54. The molecule has 2 N–H and O–H groups in total. The van der Waals surface area contributed by atoms with Crippen LogP contribution in [0.3, 0.4) is 0 Å². The van der Waals surface area contributed by atoms with E-state index in [9.17, 15) is 9.18 Å². The van der Waals surface area contributed by atoms with Crippen molar-refractivity contribution >= 4 is 11.6 Å². The molecule has 4 nitrogen and oxygen atoms in total. The van der Waals surface area contributed by atoms with Crippen molar-refractivity contribution < 1.29 is 9.18 Å². The Balaban J connectivity index is 1.27. The molecule has 2 saturated heterocycles. The molecule has 27 heavy (non-hydrogen) atoms. The van der Waals surface area contributed by atoms with Gasteiger partial charge in [-0.15, -0.1) is 0 Å². The molecule has 2 heterocycles. The van der Waals surface area contributed by atoms with E-state index in [0.717, 1.165) is 18.3 Å². The van der Waals surface area contributed by atoms with Gasteiger partial charge in [-0.2, -0.15) is 0 Å². The molecular weight excluding hydrogens is 341 g/mol. The monoisotopic (exact) mass is 367 g/mol. The first-order chi connectivity index (χ1) is 13.2. The van der Waals surface area contributed by atoms with Crippen LogP contribution in [0, 0.1) is 5.82 Å². The summed E-state index contributed by atoms with van der Waals surface area (Å²) < 4.78 is 13.0. The quantitative estimate of drug-likeness (QED) is 0.845. The highest BCUT2D eigenvalue weighted by Crippen LogP contribution is 2.27. The van der Waals surface area contributed by atoms with E-state index in [1.807, 2.05) is 24.3 Å². The number of anilines is 1. The largest absolute Gasteiger partial charge is 0.322 e. The lowest BCUT2D eigenvalue weighted by molar-refractivity contribution is 0.102. The maximum Gasteiger partial charge on any atom is 0.255 e. The number of carbonyl (C=O) groups is 1. The number of halogens is 1. The number of piperidine rings is 1. The SMILES string of the molecule is O=C(Nc1ccc(CNC2CCN3CCCC3C2)cc1)c1ccc(F)cc1. The van der Waals surface area contributed by atoms with Crippen LogP contribution in [0.4, 0.5) is 10.1 Å². The van der Waals surface area contributed by atoms with Gasteiger partial charge in [-0.3, -0.25) is 4.79 Å². The Labute approximate surface area is 159 Å². The summed E-state index contributed by atoms with van der Waals surface area (Å²) in [5.74, 6) is -0.578. The summed E-state index contributed by atoms with van der Waals surface area (Å²) in [5.41, 5.74) is 2.40. The van der Waals surface area contributed by atoms with Gasteiger partial charge in [0.15, 0.2) is 0 Å². The van der Waals surface area contributed by atoms with Gasteiger partial charge in [0.1, 0.15) is 5.82 Å². The number of nitrogens with one attached hydrogen (secondary N) is 2. The van der Waals surface area contributed by atoms with Crippen molar-refractivity contribution in [2.75, 3.05) is 18.4 Å². The third-order valence-corrected chi connectivity index (χ3v) is 5.73. The molecule has 0 bridgehead atoms. The lowest BCUT2D eigenvalue weighted by atomic mass is 9.97. The van der Waals surface area contributed by atoms with Gasteiger partial charge in [-0.1, -0.05) is 12.1 Å². The Kier molecular flexibility index (Phi) is 5.50. The first kappa shape index (κ1) is 18.1. The van der Waals surface area contributed by atoms with Crippen LogP contribution in [0.5, 0.6) is 0 Å². The molecule has 0 spiro atoms. The molecule has 0 aromatic heterocycles. The molecule has 5 heteroatoms. The summed E-state index contributed by atoms with van der Waals surface area (Å²) >= 11 is 0. The zero-order chi connectivity index (χ0) is 18.6. The van der Waals surface area contributed by atoms with Gasteiger partial charge < -0.3 is 15.5 Å². The molecule has 0 aliphatic carbocycles. The van der Waals surface area contributed by atoms with Crippen LogP contribution in [0.1, 0.15) is 41.6 Å². The first-order valence-corrected chi connectivity index (χ1v) is 9.81. The normalized spacial score (nSPS) is 22.4. The summed E-state index contributed by atoms with van der Waals surface area (Å²) in [4.78, 5) is 14.8. The lowest BCUT2D eigenvalue weighted by Gasteiger charge is -2.35. The molecule has 4 rings (SSSR count). The smallest absolute Gasteiger partial charge is 0.255 e. The molecule has 2 unspecified atom stereocenters. The van der Waals surface area contributed by atoms with Gasteiger partial charge in [0.25, 0.3) is 5.91 Å². The minimum atomic E-state index is -0.345. The van der Waals surface area contributed by atoms with Crippen molar-refractivity contribution in [3.8, 4) is 0 Å². The van der Waals surface area contributed by atoms with E-state index in [4.69, 9.17) is 0 Å². The zero-order valence-corrected chi connectivity index (χ0v) is 15.5. The number of nitrogens with zero attached hydrogens (tertiary/aromatic N) is 1. The van der Waals surface area contributed by atoms with Crippen molar-refractivity contribution in [1.82, 2.24) is 10.2 Å². The van der Waals surface area contributed by atoms with E-state index in [-0.39, 0.29) is 11.7 Å². The van der Waals surface area contributed by atoms with E-state index in [1.165, 1.54) is 68.6 Å². The Morgan fingerprint density at radius 3 is 2.59 bits per heavy atom. The number of amides is 1. The molecule has 2 aliphatic heterocycles. The number of rotatable bonds is 5. The number of hydrogen-bond acceptors (Lipinski definition) is 3. The van der Waals surface area contributed by atoms with Crippen LogP contribution in [0.2, 0.25) is 0 Å². The van der Waals surface area contributed by atoms with Gasteiger partial charge in [0.05, 0.1) is 0 Å². The van der Waals surface area contributed by atoms with Crippen LogP contribution in [-0.2, 0) is 6.54 Å². The molecule has 142 valence electrons. The van der Waals surface area contributed by atoms with E-state index in [2.05, 4.69) is 15.5 Å². The van der Waals surface area contributed by atoms with Crippen molar-refractivity contribution in [2.24, 2.45) is 0 Å². The number of fused-ring (bicyclic) bond motifs is 1. The van der Waals surface area contributed by atoms with Crippen molar-refractivity contribution in [3.05, 3.63) is 65.5 Å². The molecule has 2 atom stereocenters. The fourth-order valence-electron chi connectivity index (χ4n) is 4.18. The predicted octanol–water partition coefficient (Wildman–Crippen LogP) is 3.79. The van der Waals surface area contributed by atoms with Crippen LogP contribution in [0.25, 0.3) is 0 Å². The highest BCUT2D eigenvalue weighted by atomic mass is 19.1. The maximum absolute atomic E-state index is 13.0. The van der Waals surface area contributed by atoms with E-state index in [0.29, 0.717) is 11.6 Å². The van der Waals surface area contributed by atoms with Gasteiger partial charge >= 0.3 is 0 Å². The minimum absolute atomic E-state index is 0.232. The second-order valence-corrected chi connectivity index (χ2v) is 7.59. The zero-order valence-electron chi connectivity index (χ0n) is 15.5. The van der Waals surface area contributed by atoms with Gasteiger partial charge in [-0.25, -0.2) is 4.39 Å². The molecule has 2 aromatic carbocycles. The fraction of sp³-hybridized carbons (Fsp3) is 0.409. The number of benzene rings is 2. The Bertz CT molecular complexity index is 775. The third-order valence-electron chi connectivity index (χ3n) is 5.73. The molecule has 1 amide bonds. The average molecular weight is 367 g/mol. The number of hydrogen-bond donors (Lipinski definition) is 2. The maximum atomic E-state index is 13.0. The Morgan fingerprint density at radius 2 is 1.81 bits per heavy atom. The van der Waals surface area contributed by atoms with Crippen molar-refractivity contribution in [2.45, 2.75) is 44.3 Å². The van der Waals surface area contributed by atoms with Crippen LogP contribution >= 0.6 is 0 Å². The van der Waals surface area contributed by atoms with E-state index < -0.39 is 0 Å². The van der Waals surface area contributed by atoms with E-state index >= 15 is 0 Å². The second-order valence-electron chi connectivity index (χ2n) is 7.59. The first-order valence-electron chi connectivity index (χ1n) is 9.81. The summed E-state index contributed by atoms with van der Waals surface area (Å²) in [6.45, 7) is 3.35. The molecular formula is C22H26FN3O. The summed E-state index contributed by atoms with van der Waals surface area (Å²) in [6, 6.07) is 14.8. The minimum Gasteiger partial charge on any atom is -0.322 e. The second kappa shape index (κ2) is 8.19.